The Labute approximate surface area is 99.9 Å². The Morgan fingerprint density at radius 2 is 2.31 bits per heavy atom. The molecule has 1 aliphatic rings. The average Bonchev–Trinajstić information content (AvgIpc) is 2.57. The molecule has 0 radical (unpaired) electrons. The van der Waals surface area contributed by atoms with Gasteiger partial charge < -0.3 is 4.90 Å². The highest BCUT2D eigenvalue weighted by Crippen LogP contribution is 2.24. The Bertz CT molecular complexity index is 400. The summed E-state index contributed by atoms with van der Waals surface area (Å²) < 4.78 is 0. The molecule has 0 unspecified atom stereocenters. The van der Waals surface area contributed by atoms with E-state index in [-0.39, 0.29) is 5.91 Å². The minimum Gasteiger partial charge on any atom is -0.348 e. The van der Waals surface area contributed by atoms with Crippen molar-refractivity contribution in [2.24, 2.45) is 0 Å². The summed E-state index contributed by atoms with van der Waals surface area (Å²) in [5.74, 6) is 0.162. The lowest BCUT2D eigenvalue weighted by Gasteiger charge is -2.26. The van der Waals surface area contributed by atoms with Gasteiger partial charge in [-0.2, -0.15) is 0 Å². The van der Waals surface area contributed by atoms with Crippen LogP contribution >= 0.6 is 11.3 Å². The number of aromatic nitrogens is 1. The Balaban J connectivity index is 2.00. The van der Waals surface area contributed by atoms with Crippen LogP contribution in [0, 0.1) is 6.92 Å². The Morgan fingerprint density at radius 1 is 1.56 bits per heavy atom. The summed E-state index contributed by atoms with van der Waals surface area (Å²) in [6.07, 6.45) is 1.03. The summed E-state index contributed by atoms with van der Waals surface area (Å²) in [6, 6.07) is 0. The van der Waals surface area contributed by atoms with Crippen LogP contribution in [0.1, 0.15) is 15.6 Å². The number of thiazole rings is 1. The predicted molar refractivity (Wildman–Crippen MR) is 64.5 cm³/mol. The van der Waals surface area contributed by atoms with Crippen LogP contribution in [0.15, 0.2) is 0 Å². The van der Waals surface area contributed by atoms with Gasteiger partial charge in [0.2, 0.25) is 5.91 Å². The van der Waals surface area contributed by atoms with E-state index in [1.807, 2.05) is 6.92 Å². The third-order valence-corrected chi connectivity index (χ3v) is 3.84. The van der Waals surface area contributed by atoms with Gasteiger partial charge in [0.25, 0.3) is 0 Å². The molecule has 16 heavy (non-hydrogen) atoms. The van der Waals surface area contributed by atoms with Crippen molar-refractivity contribution in [1.29, 1.82) is 0 Å². The molecule has 1 amide bonds. The van der Waals surface area contributed by atoms with E-state index in [1.54, 1.807) is 30.3 Å². The number of nitrogens with zero attached hydrogens (tertiary/aromatic N) is 3. The average molecular weight is 239 g/mol. The molecule has 0 aromatic carbocycles. The molecule has 2 rings (SSSR count). The molecule has 0 saturated heterocycles. The fraction of sp³-hybridized carbons (Fsp3) is 0.636. The van der Waals surface area contributed by atoms with E-state index in [9.17, 15) is 4.79 Å². The van der Waals surface area contributed by atoms with Crippen LogP contribution in [0.25, 0.3) is 0 Å². The highest BCUT2D eigenvalue weighted by atomic mass is 32.1. The maximum atomic E-state index is 11.6. The van der Waals surface area contributed by atoms with E-state index < -0.39 is 0 Å². The number of carbonyl (C=O) groups excluding carboxylic acids is 1. The van der Waals surface area contributed by atoms with Gasteiger partial charge in [0.1, 0.15) is 0 Å². The van der Waals surface area contributed by atoms with E-state index in [0.29, 0.717) is 6.54 Å². The van der Waals surface area contributed by atoms with Crippen molar-refractivity contribution in [2.75, 3.05) is 27.2 Å². The minimum atomic E-state index is 0.162. The maximum Gasteiger partial charge on any atom is 0.236 e. The number of hydrogen-bond donors (Lipinski definition) is 0. The second-order valence-corrected chi connectivity index (χ2v) is 5.64. The largest absolute Gasteiger partial charge is 0.348 e. The number of carbonyl (C=O) groups is 1. The molecule has 0 atom stereocenters. The topological polar surface area (TPSA) is 36.4 Å². The van der Waals surface area contributed by atoms with Gasteiger partial charge in [0.05, 0.1) is 17.2 Å². The predicted octanol–water partition coefficient (Wildman–Crippen LogP) is 0.898. The lowest BCUT2D eigenvalue weighted by atomic mass is 10.2. The van der Waals surface area contributed by atoms with Crippen LogP contribution in [0.3, 0.4) is 0 Å². The van der Waals surface area contributed by atoms with Crippen LogP contribution in [0.2, 0.25) is 0 Å². The Kier molecular flexibility index (Phi) is 3.25. The van der Waals surface area contributed by atoms with Crippen molar-refractivity contribution in [2.45, 2.75) is 19.9 Å². The SMILES string of the molecule is Cc1nc2c(s1)CCN(CC(=O)N(C)C)C2. The van der Waals surface area contributed by atoms with E-state index in [1.165, 1.54) is 10.6 Å². The molecule has 88 valence electrons. The van der Waals surface area contributed by atoms with E-state index in [0.717, 1.165) is 24.5 Å². The first-order valence-corrected chi connectivity index (χ1v) is 6.25. The Morgan fingerprint density at radius 3 is 3.00 bits per heavy atom. The number of amides is 1. The number of rotatable bonds is 2. The molecule has 0 saturated carbocycles. The van der Waals surface area contributed by atoms with Crippen LogP contribution in [-0.4, -0.2) is 47.9 Å². The fourth-order valence-corrected chi connectivity index (χ4v) is 2.78. The van der Waals surface area contributed by atoms with Crippen molar-refractivity contribution in [1.82, 2.24) is 14.8 Å². The van der Waals surface area contributed by atoms with E-state index in [2.05, 4.69) is 9.88 Å². The zero-order valence-corrected chi connectivity index (χ0v) is 10.8. The van der Waals surface area contributed by atoms with Crippen molar-refractivity contribution >= 4 is 17.2 Å². The minimum absolute atomic E-state index is 0.162. The van der Waals surface area contributed by atoms with Crippen molar-refractivity contribution in [3.63, 3.8) is 0 Å². The van der Waals surface area contributed by atoms with Gasteiger partial charge in [-0.15, -0.1) is 11.3 Å². The summed E-state index contributed by atoms with van der Waals surface area (Å²) in [4.78, 5) is 21.3. The molecular formula is C11H17N3OS. The lowest BCUT2D eigenvalue weighted by Crippen LogP contribution is -2.39. The summed E-state index contributed by atoms with van der Waals surface area (Å²) in [5, 5.41) is 1.13. The maximum absolute atomic E-state index is 11.6. The van der Waals surface area contributed by atoms with Crippen LogP contribution < -0.4 is 0 Å². The summed E-state index contributed by atoms with van der Waals surface area (Å²) in [7, 11) is 3.59. The first kappa shape index (κ1) is 11.5. The first-order chi connectivity index (χ1) is 7.56. The monoisotopic (exact) mass is 239 g/mol. The molecular weight excluding hydrogens is 222 g/mol. The molecule has 1 aromatic rings. The van der Waals surface area contributed by atoms with E-state index in [4.69, 9.17) is 0 Å². The summed E-state index contributed by atoms with van der Waals surface area (Å²) >= 11 is 1.78. The molecule has 0 bridgehead atoms. The third kappa shape index (κ3) is 2.41. The lowest BCUT2D eigenvalue weighted by molar-refractivity contribution is -0.130. The van der Waals surface area contributed by atoms with Crippen LogP contribution in [0.5, 0.6) is 0 Å². The van der Waals surface area contributed by atoms with Crippen molar-refractivity contribution < 1.29 is 4.79 Å². The molecule has 0 spiro atoms. The van der Waals surface area contributed by atoms with Gasteiger partial charge in [-0.25, -0.2) is 4.98 Å². The highest BCUT2D eigenvalue weighted by Gasteiger charge is 2.21. The standard InChI is InChI=1S/C11H17N3OS/c1-8-12-9-6-14(5-4-10(9)16-8)7-11(15)13(2)3/h4-7H2,1-3H3. The second kappa shape index (κ2) is 4.51. The molecule has 2 heterocycles. The molecule has 0 N–H and O–H groups in total. The summed E-state index contributed by atoms with van der Waals surface area (Å²) in [6.45, 7) is 4.33. The van der Waals surface area contributed by atoms with Crippen molar-refractivity contribution in [3.05, 3.63) is 15.6 Å². The normalized spacial score (nSPS) is 15.9. The smallest absolute Gasteiger partial charge is 0.236 e. The number of aryl methyl sites for hydroxylation is 1. The van der Waals surface area contributed by atoms with Crippen molar-refractivity contribution in [3.8, 4) is 0 Å². The molecule has 1 aromatic heterocycles. The van der Waals surface area contributed by atoms with E-state index >= 15 is 0 Å². The number of hydrogen-bond acceptors (Lipinski definition) is 4. The van der Waals surface area contributed by atoms with Gasteiger partial charge >= 0.3 is 0 Å². The first-order valence-electron chi connectivity index (χ1n) is 5.44. The van der Waals surface area contributed by atoms with Gasteiger partial charge in [0, 0.05) is 32.1 Å². The van der Waals surface area contributed by atoms with Gasteiger partial charge in [-0.05, 0) is 13.3 Å². The van der Waals surface area contributed by atoms with Gasteiger partial charge in [0.15, 0.2) is 0 Å². The quantitative estimate of drug-likeness (QED) is 0.769. The highest BCUT2D eigenvalue weighted by molar-refractivity contribution is 7.11. The van der Waals surface area contributed by atoms with Crippen LogP contribution in [0.4, 0.5) is 0 Å². The number of likely N-dealkylation sites (N-methyl/N-ethyl adjacent to an activating group) is 1. The third-order valence-electron chi connectivity index (χ3n) is 2.77. The fourth-order valence-electron chi connectivity index (χ4n) is 1.85. The molecule has 0 aliphatic carbocycles. The molecule has 1 aliphatic heterocycles. The Hall–Kier alpha value is -0.940. The van der Waals surface area contributed by atoms with Gasteiger partial charge in [-0.1, -0.05) is 0 Å². The summed E-state index contributed by atoms with van der Waals surface area (Å²) in [5.41, 5.74) is 1.17. The molecule has 0 fully saturated rings. The number of fused-ring (bicyclic) bond motifs is 1. The molecule has 5 heteroatoms. The second-order valence-electron chi connectivity index (χ2n) is 4.35. The van der Waals surface area contributed by atoms with Gasteiger partial charge in [-0.3, -0.25) is 9.69 Å². The molecule has 4 nitrogen and oxygen atoms in total. The zero-order chi connectivity index (χ0) is 11.7. The van der Waals surface area contributed by atoms with Crippen LogP contribution in [-0.2, 0) is 17.8 Å². The zero-order valence-electron chi connectivity index (χ0n) is 9.99.